The van der Waals surface area contributed by atoms with Crippen molar-refractivity contribution in [3.8, 4) is 0 Å². The van der Waals surface area contributed by atoms with Gasteiger partial charge in [-0.2, -0.15) is 0 Å². The van der Waals surface area contributed by atoms with Crippen LogP contribution in [0.5, 0.6) is 0 Å². The molecule has 1 aliphatic heterocycles. The molecule has 0 aliphatic carbocycles. The van der Waals surface area contributed by atoms with E-state index in [2.05, 4.69) is 0 Å². The normalized spacial score (nSPS) is 22.6. The van der Waals surface area contributed by atoms with Crippen LogP contribution in [-0.2, 0) is 33.3 Å². The van der Waals surface area contributed by atoms with Crippen molar-refractivity contribution in [1.29, 1.82) is 0 Å². The number of carbonyl (C=O) groups is 3. The van der Waals surface area contributed by atoms with Gasteiger partial charge in [-0.05, 0) is 24.1 Å². The molecular weight excluding hydrogens is 466 g/mol. The van der Waals surface area contributed by atoms with Crippen molar-refractivity contribution in [3.63, 3.8) is 0 Å². The first-order chi connectivity index (χ1) is 17.2. The number of aliphatic hydroxyl groups is 1. The summed E-state index contributed by atoms with van der Waals surface area (Å²) in [6.45, 7) is 5.54. The molecule has 3 aromatic rings. The van der Waals surface area contributed by atoms with Gasteiger partial charge in [-0.25, -0.2) is 0 Å². The number of ether oxygens (including phenoxy) is 4. The maximum absolute atomic E-state index is 12.1. The summed E-state index contributed by atoms with van der Waals surface area (Å²) in [5.41, 5.74) is 3.03. The topological polar surface area (TPSA) is 113 Å². The monoisotopic (exact) mass is 495 g/mol. The number of aryl methyl sites for hydroxylation is 1. The van der Waals surface area contributed by atoms with Gasteiger partial charge < -0.3 is 28.6 Å². The second-order valence-electron chi connectivity index (χ2n) is 8.79. The lowest BCUT2D eigenvalue weighted by Crippen LogP contribution is -2.55. The minimum atomic E-state index is -1.12. The van der Waals surface area contributed by atoms with Crippen LogP contribution in [0.25, 0.3) is 10.9 Å². The summed E-state index contributed by atoms with van der Waals surface area (Å²) < 4.78 is 24.3. The van der Waals surface area contributed by atoms with Crippen molar-refractivity contribution in [2.75, 3.05) is 6.61 Å². The molecule has 1 N–H and O–H groups in total. The fraction of sp³-hybridized carbons (Fsp3) is 0.370. The van der Waals surface area contributed by atoms with Crippen LogP contribution in [0.15, 0.2) is 54.7 Å². The first-order valence-electron chi connectivity index (χ1n) is 11.6. The van der Waals surface area contributed by atoms with Crippen molar-refractivity contribution < 1.29 is 38.4 Å². The predicted octanol–water partition coefficient (Wildman–Crippen LogP) is 3.36. The van der Waals surface area contributed by atoms with E-state index in [1.807, 2.05) is 55.5 Å². The Morgan fingerprint density at radius 2 is 1.56 bits per heavy atom. The maximum atomic E-state index is 12.1. The molecule has 5 atom stereocenters. The van der Waals surface area contributed by atoms with Crippen LogP contribution in [0.4, 0.5) is 0 Å². The number of esters is 3. The van der Waals surface area contributed by atoms with Crippen molar-refractivity contribution in [3.05, 3.63) is 71.4 Å². The van der Waals surface area contributed by atoms with Crippen LogP contribution in [0.3, 0.4) is 0 Å². The number of hydrogen-bond acceptors (Lipinski definition) is 8. The SMILES string of the molecule is CC(=O)O[C@@H]1[C@@H](OC(C)=O)[C@H](OC(C)=O)CO[C@H]1n1cc(C(O)c2ccccc2)c2c(C)cccc21. The number of benzene rings is 2. The standard InChI is InChI=1S/C27H29NO8/c1-15-9-8-12-21-23(15)20(24(32)19-10-6-5-7-11-19)13-28(21)27-26(36-18(4)31)25(35-17(3)30)22(14-33-27)34-16(2)29/h5-13,22,24-27,32H,14H2,1-4H3/t22-,24?,25+,26-,27-/m1/s1. The lowest BCUT2D eigenvalue weighted by atomic mass is 9.99. The summed E-state index contributed by atoms with van der Waals surface area (Å²) in [5, 5.41) is 12.1. The van der Waals surface area contributed by atoms with E-state index in [4.69, 9.17) is 18.9 Å². The molecule has 0 amide bonds. The van der Waals surface area contributed by atoms with Gasteiger partial charge in [0.05, 0.1) is 12.1 Å². The summed E-state index contributed by atoms with van der Waals surface area (Å²) in [4.78, 5) is 35.7. The molecule has 2 heterocycles. The lowest BCUT2D eigenvalue weighted by Gasteiger charge is -2.41. The Labute approximate surface area is 208 Å². The minimum absolute atomic E-state index is 0.0952. The molecule has 1 aliphatic rings. The Bertz CT molecular complexity index is 1270. The second-order valence-corrected chi connectivity index (χ2v) is 8.79. The molecule has 9 nitrogen and oxygen atoms in total. The molecule has 1 fully saturated rings. The molecule has 0 radical (unpaired) electrons. The highest BCUT2D eigenvalue weighted by atomic mass is 16.6. The van der Waals surface area contributed by atoms with E-state index in [1.165, 1.54) is 20.8 Å². The van der Waals surface area contributed by atoms with Crippen LogP contribution in [-0.4, -0.2) is 52.5 Å². The van der Waals surface area contributed by atoms with Crippen LogP contribution in [0, 0.1) is 6.92 Å². The van der Waals surface area contributed by atoms with E-state index in [-0.39, 0.29) is 6.61 Å². The van der Waals surface area contributed by atoms with Gasteiger partial charge >= 0.3 is 17.9 Å². The Morgan fingerprint density at radius 3 is 2.19 bits per heavy atom. The quantitative estimate of drug-likeness (QED) is 0.409. The second kappa shape index (κ2) is 10.5. The molecule has 1 unspecified atom stereocenters. The Morgan fingerprint density at radius 1 is 0.917 bits per heavy atom. The van der Waals surface area contributed by atoms with E-state index in [9.17, 15) is 19.5 Å². The fourth-order valence-electron chi connectivity index (χ4n) is 4.72. The maximum Gasteiger partial charge on any atom is 0.303 e. The van der Waals surface area contributed by atoms with Crippen LogP contribution in [0.1, 0.15) is 49.8 Å². The van der Waals surface area contributed by atoms with Crippen LogP contribution >= 0.6 is 0 Å². The highest BCUT2D eigenvalue weighted by Crippen LogP contribution is 2.38. The minimum Gasteiger partial charge on any atom is -0.456 e. The first-order valence-corrected chi connectivity index (χ1v) is 11.6. The van der Waals surface area contributed by atoms with Gasteiger partial charge in [0.2, 0.25) is 0 Å². The molecule has 4 rings (SSSR count). The Kier molecular flexibility index (Phi) is 7.42. The van der Waals surface area contributed by atoms with Crippen molar-refractivity contribution >= 4 is 28.8 Å². The molecular formula is C27H29NO8. The highest BCUT2D eigenvalue weighted by molar-refractivity contribution is 5.88. The Balaban J connectivity index is 1.84. The third-order valence-corrected chi connectivity index (χ3v) is 6.10. The molecule has 1 aromatic heterocycles. The van der Waals surface area contributed by atoms with Gasteiger partial charge in [-0.1, -0.05) is 42.5 Å². The van der Waals surface area contributed by atoms with Crippen LogP contribution in [0.2, 0.25) is 0 Å². The third kappa shape index (κ3) is 5.12. The van der Waals surface area contributed by atoms with Gasteiger partial charge in [-0.3, -0.25) is 14.4 Å². The lowest BCUT2D eigenvalue weighted by molar-refractivity contribution is -0.239. The van der Waals surface area contributed by atoms with Crippen molar-refractivity contribution in [2.24, 2.45) is 0 Å². The zero-order valence-electron chi connectivity index (χ0n) is 20.5. The van der Waals surface area contributed by atoms with Crippen molar-refractivity contribution in [2.45, 2.75) is 58.3 Å². The molecule has 1 saturated heterocycles. The number of aliphatic hydroxyl groups excluding tert-OH is 1. The summed E-state index contributed by atoms with van der Waals surface area (Å²) in [6.07, 6.45) is -3.28. The molecule has 190 valence electrons. The number of fused-ring (bicyclic) bond motifs is 1. The van der Waals surface area contributed by atoms with Gasteiger partial charge in [0.1, 0.15) is 6.10 Å². The third-order valence-electron chi connectivity index (χ3n) is 6.10. The number of rotatable bonds is 6. The van der Waals surface area contributed by atoms with E-state index in [0.29, 0.717) is 11.1 Å². The summed E-state index contributed by atoms with van der Waals surface area (Å²) in [7, 11) is 0. The molecule has 9 heteroatoms. The molecule has 0 bridgehead atoms. The first kappa shape index (κ1) is 25.4. The predicted molar refractivity (Wildman–Crippen MR) is 129 cm³/mol. The van der Waals surface area contributed by atoms with Gasteiger partial charge in [0.15, 0.2) is 24.5 Å². The highest BCUT2D eigenvalue weighted by Gasteiger charge is 2.48. The zero-order chi connectivity index (χ0) is 26.0. The van der Waals surface area contributed by atoms with E-state index < -0.39 is 48.6 Å². The fourth-order valence-corrected chi connectivity index (χ4v) is 4.72. The zero-order valence-corrected chi connectivity index (χ0v) is 20.5. The number of carbonyl (C=O) groups excluding carboxylic acids is 3. The molecule has 2 aromatic carbocycles. The smallest absolute Gasteiger partial charge is 0.303 e. The van der Waals surface area contributed by atoms with Gasteiger partial charge in [-0.15, -0.1) is 0 Å². The van der Waals surface area contributed by atoms with Gasteiger partial charge in [0, 0.05) is 37.9 Å². The summed E-state index contributed by atoms with van der Waals surface area (Å²) >= 11 is 0. The average Bonchev–Trinajstić information content (AvgIpc) is 3.21. The van der Waals surface area contributed by atoms with Crippen molar-refractivity contribution in [1.82, 2.24) is 4.57 Å². The molecule has 0 spiro atoms. The van der Waals surface area contributed by atoms with Gasteiger partial charge in [0.25, 0.3) is 0 Å². The Hall–Kier alpha value is -3.69. The molecule has 36 heavy (non-hydrogen) atoms. The van der Waals surface area contributed by atoms with Crippen LogP contribution < -0.4 is 0 Å². The van der Waals surface area contributed by atoms with E-state index in [1.54, 1.807) is 10.8 Å². The van der Waals surface area contributed by atoms with E-state index >= 15 is 0 Å². The number of hydrogen-bond donors (Lipinski definition) is 1. The summed E-state index contributed by atoms with van der Waals surface area (Å²) in [5.74, 6) is -1.83. The average molecular weight is 496 g/mol. The largest absolute Gasteiger partial charge is 0.456 e. The molecule has 0 saturated carbocycles. The number of aromatic nitrogens is 1. The number of nitrogens with zero attached hydrogens (tertiary/aromatic N) is 1. The van der Waals surface area contributed by atoms with E-state index in [0.717, 1.165) is 16.5 Å². The summed E-state index contributed by atoms with van der Waals surface area (Å²) in [6, 6.07) is 14.9.